The van der Waals surface area contributed by atoms with Crippen LogP contribution in [-0.4, -0.2) is 18.5 Å². The average molecular weight is 252 g/mol. The van der Waals surface area contributed by atoms with Gasteiger partial charge in [-0.05, 0) is 49.3 Å². The highest BCUT2D eigenvalue weighted by molar-refractivity contribution is 5.83. The van der Waals surface area contributed by atoms with Gasteiger partial charge in [-0.25, -0.2) is 0 Å². The second kappa shape index (κ2) is 6.36. The van der Waals surface area contributed by atoms with E-state index in [1.54, 1.807) is 0 Å². The number of hydrogen-bond donors (Lipinski definition) is 0. The van der Waals surface area contributed by atoms with Gasteiger partial charge in [0.25, 0.3) is 0 Å². The summed E-state index contributed by atoms with van der Waals surface area (Å²) in [6.07, 6.45) is 1.58. The number of fused-ring (bicyclic) bond motifs is 1. The Kier molecular flexibility index (Phi) is 4.54. The zero-order valence-electron chi connectivity index (χ0n) is 11.7. The maximum absolute atomic E-state index is 8.54. The van der Waals surface area contributed by atoms with Gasteiger partial charge in [-0.3, -0.25) is 0 Å². The van der Waals surface area contributed by atoms with Gasteiger partial charge in [0.05, 0.1) is 6.07 Å². The molecule has 0 amide bonds. The molecule has 0 aliphatic heterocycles. The van der Waals surface area contributed by atoms with Gasteiger partial charge in [0, 0.05) is 13.0 Å². The fourth-order valence-corrected chi connectivity index (χ4v) is 2.33. The van der Waals surface area contributed by atoms with Gasteiger partial charge in [0.1, 0.15) is 0 Å². The van der Waals surface area contributed by atoms with Crippen LogP contribution in [0.4, 0.5) is 0 Å². The molecule has 2 aromatic rings. The molecule has 2 heteroatoms. The summed E-state index contributed by atoms with van der Waals surface area (Å²) in [4.78, 5) is 2.27. The molecule has 0 aliphatic carbocycles. The maximum atomic E-state index is 8.54. The molecule has 19 heavy (non-hydrogen) atoms. The van der Waals surface area contributed by atoms with E-state index in [-0.39, 0.29) is 0 Å². The van der Waals surface area contributed by atoms with Gasteiger partial charge in [0.15, 0.2) is 0 Å². The summed E-state index contributed by atoms with van der Waals surface area (Å²) in [5, 5.41) is 11.1. The molecule has 0 saturated heterocycles. The molecular weight excluding hydrogens is 232 g/mol. The van der Waals surface area contributed by atoms with E-state index in [0.717, 1.165) is 19.5 Å². The predicted octanol–water partition coefficient (Wildman–Crippen LogP) is 3.88. The topological polar surface area (TPSA) is 27.0 Å². The van der Waals surface area contributed by atoms with Crippen LogP contribution in [0.5, 0.6) is 0 Å². The number of hydrogen-bond acceptors (Lipinski definition) is 2. The monoisotopic (exact) mass is 252 g/mol. The standard InChI is InChI=1S/C17H20N2/c1-14-5-7-17-12-15(6-8-16(17)11-14)13-19(2)10-4-3-9-18/h5-8,11-12H,3-4,10,13H2,1-2H3. The van der Waals surface area contributed by atoms with Crippen LogP contribution in [-0.2, 0) is 6.54 Å². The first-order valence-corrected chi connectivity index (χ1v) is 6.74. The van der Waals surface area contributed by atoms with Crippen LogP contribution < -0.4 is 0 Å². The molecule has 98 valence electrons. The average Bonchev–Trinajstić information content (AvgIpc) is 2.39. The fraction of sp³-hybridized carbons (Fsp3) is 0.353. The van der Waals surface area contributed by atoms with Gasteiger partial charge < -0.3 is 4.90 Å². The van der Waals surface area contributed by atoms with Crippen LogP contribution in [0.2, 0.25) is 0 Å². The van der Waals surface area contributed by atoms with Crippen LogP contribution in [0.1, 0.15) is 24.0 Å². The van der Waals surface area contributed by atoms with Crippen molar-refractivity contribution in [2.24, 2.45) is 0 Å². The second-order valence-electron chi connectivity index (χ2n) is 5.18. The van der Waals surface area contributed by atoms with E-state index >= 15 is 0 Å². The molecule has 0 spiro atoms. The molecule has 0 aliphatic rings. The van der Waals surface area contributed by atoms with Crippen molar-refractivity contribution in [3.05, 3.63) is 47.5 Å². The van der Waals surface area contributed by atoms with E-state index in [9.17, 15) is 0 Å². The Bertz CT molecular complexity index is 596. The van der Waals surface area contributed by atoms with Gasteiger partial charge in [-0.1, -0.05) is 35.9 Å². The minimum Gasteiger partial charge on any atom is -0.302 e. The Labute approximate surface area is 115 Å². The highest BCUT2D eigenvalue weighted by atomic mass is 15.1. The Balaban J connectivity index is 2.05. The summed E-state index contributed by atoms with van der Waals surface area (Å²) in [5.74, 6) is 0. The summed E-state index contributed by atoms with van der Waals surface area (Å²) in [5.41, 5.74) is 2.63. The van der Waals surface area contributed by atoms with E-state index in [4.69, 9.17) is 5.26 Å². The van der Waals surface area contributed by atoms with Gasteiger partial charge >= 0.3 is 0 Å². The normalized spacial score (nSPS) is 10.8. The molecule has 2 rings (SSSR count). The van der Waals surface area contributed by atoms with Crippen LogP contribution in [0.25, 0.3) is 10.8 Å². The molecule has 2 aromatic carbocycles. The van der Waals surface area contributed by atoms with E-state index in [0.29, 0.717) is 6.42 Å². The summed E-state index contributed by atoms with van der Waals surface area (Å²) >= 11 is 0. The molecule has 0 N–H and O–H groups in total. The minimum atomic E-state index is 0.640. The lowest BCUT2D eigenvalue weighted by molar-refractivity contribution is 0.324. The highest BCUT2D eigenvalue weighted by Gasteiger charge is 2.02. The SMILES string of the molecule is Cc1ccc2cc(CN(C)CCCC#N)ccc2c1. The van der Waals surface area contributed by atoms with Crippen molar-refractivity contribution < 1.29 is 0 Å². The van der Waals surface area contributed by atoms with Crippen molar-refractivity contribution in [2.45, 2.75) is 26.3 Å². The molecule has 0 aromatic heterocycles. The number of benzene rings is 2. The number of nitrogens with zero attached hydrogens (tertiary/aromatic N) is 2. The smallest absolute Gasteiger partial charge is 0.0622 e. The van der Waals surface area contributed by atoms with Crippen molar-refractivity contribution in [3.8, 4) is 6.07 Å². The first kappa shape index (κ1) is 13.6. The van der Waals surface area contributed by atoms with E-state index < -0.39 is 0 Å². The first-order valence-electron chi connectivity index (χ1n) is 6.74. The van der Waals surface area contributed by atoms with Crippen LogP contribution in [0, 0.1) is 18.3 Å². The third-order valence-electron chi connectivity index (χ3n) is 3.34. The largest absolute Gasteiger partial charge is 0.302 e. The molecule has 0 heterocycles. The maximum Gasteiger partial charge on any atom is 0.0622 e. The van der Waals surface area contributed by atoms with Crippen LogP contribution >= 0.6 is 0 Å². The molecule has 0 bridgehead atoms. The number of aryl methyl sites for hydroxylation is 1. The molecule has 2 nitrogen and oxygen atoms in total. The molecule has 0 atom stereocenters. The zero-order valence-corrected chi connectivity index (χ0v) is 11.7. The van der Waals surface area contributed by atoms with Crippen molar-refractivity contribution >= 4 is 10.8 Å². The lowest BCUT2D eigenvalue weighted by Gasteiger charge is -2.16. The van der Waals surface area contributed by atoms with Crippen molar-refractivity contribution in [3.63, 3.8) is 0 Å². The minimum absolute atomic E-state index is 0.640. The van der Waals surface area contributed by atoms with Crippen molar-refractivity contribution in [2.75, 3.05) is 13.6 Å². The van der Waals surface area contributed by atoms with Crippen molar-refractivity contribution in [1.29, 1.82) is 5.26 Å². The number of rotatable bonds is 5. The van der Waals surface area contributed by atoms with E-state index in [1.165, 1.54) is 21.9 Å². The Morgan fingerprint density at radius 1 is 1.11 bits per heavy atom. The van der Waals surface area contributed by atoms with Crippen LogP contribution in [0.15, 0.2) is 36.4 Å². The number of nitriles is 1. The summed E-state index contributed by atoms with van der Waals surface area (Å²) in [6.45, 7) is 4.03. The van der Waals surface area contributed by atoms with Gasteiger partial charge in [-0.2, -0.15) is 5.26 Å². The fourth-order valence-electron chi connectivity index (χ4n) is 2.33. The lowest BCUT2D eigenvalue weighted by Crippen LogP contribution is -2.18. The van der Waals surface area contributed by atoms with Gasteiger partial charge in [0.2, 0.25) is 0 Å². The quantitative estimate of drug-likeness (QED) is 0.755. The van der Waals surface area contributed by atoms with E-state index in [1.807, 2.05) is 0 Å². The summed E-state index contributed by atoms with van der Waals surface area (Å²) < 4.78 is 0. The summed E-state index contributed by atoms with van der Waals surface area (Å²) in [6, 6.07) is 15.4. The Hall–Kier alpha value is -1.85. The molecule has 0 saturated carbocycles. The summed E-state index contributed by atoms with van der Waals surface area (Å²) in [7, 11) is 2.11. The second-order valence-corrected chi connectivity index (χ2v) is 5.18. The lowest BCUT2D eigenvalue weighted by atomic mass is 10.0. The first-order chi connectivity index (χ1) is 9.19. The van der Waals surface area contributed by atoms with Crippen molar-refractivity contribution in [1.82, 2.24) is 4.90 Å². The third kappa shape index (κ3) is 3.81. The van der Waals surface area contributed by atoms with Crippen LogP contribution in [0.3, 0.4) is 0 Å². The molecule has 0 radical (unpaired) electrons. The molecule has 0 unspecified atom stereocenters. The molecular formula is C17H20N2. The highest BCUT2D eigenvalue weighted by Crippen LogP contribution is 2.18. The predicted molar refractivity (Wildman–Crippen MR) is 79.9 cm³/mol. The zero-order chi connectivity index (χ0) is 13.7. The van der Waals surface area contributed by atoms with E-state index in [2.05, 4.69) is 61.3 Å². The van der Waals surface area contributed by atoms with Gasteiger partial charge in [-0.15, -0.1) is 0 Å². The Morgan fingerprint density at radius 2 is 1.84 bits per heavy atom. The number of unbranched alkanes of at least 4 members (excludes halogenated alkanes) is 1. The third-order valence-corrected chi connectivity index (χ3v) is 3.34. The molecule has 0 fully saturated rings. The Morgan fingerprint density at radius 3 is 2.63 bits per heavy atom.